The first kappa shape index (κ1) is 10.3. The Morgan fingerprint density at radius 3 is 3.08 bits per heavy atom. The number of aromatic nitrogens is 2. The Bertz CT molecular complexity index is 288. The van der Waals surface area contributed by atoms with Gasteiger partial charge in [0, 0.05) is 6.54 Å². The van der Waals surface area contributed by atoms with Gasteiger partial charge in [-0.25, -0.2) is 0 Å². The fourth-order valence-electron chi connectivity index (χ4n) is 0.624. The summed E-state index contributed by atoms with van der Waals surface area (Å²) in [6.45, 7) is 2.80. The number of nitrogens with two attached hydrogens (primary N) is 1. The fraction of sp³-hybridized carbons (Fsp3) is 0.500. The lowest BCUT2D eigenvalue weighted by Crippen LogP contribution is -2.12. The average Bonchev–Trinajstić information content (AvgIpc) is 2.50. The number of amides is 1. The van der Waals surface area contributed by atoms with Crippen molar-refractivity contribution >= 4 is 34.1 Å². The molecule has 0 radical (unpaired) electrons. The molecule has 1 amide bonds. The molecule has 3 N–H and O–H groups in total. The molecule has 0 aliphatic heterocycles. The molecule has 72 valence electrons. The summed E-state index contributed by atoms with van der Waals surface area (Å²) in [5, 5.41) is 11.5. The summed E-state index contributed by atoms with van der Waals surface area (Å²) in [5.41, 5.74) is 4.99. The van der Waals surface area contributed by atoms with E-state index in [4.69, 9.17) is 5.73 Å². The number of thioether (sulfide) groups is 1. The minimum atomic E-state index is -0.342. The third-order valence-electron chi connectivity index (χ3n) is 1.07. The van der Waals surface area contributed by atoms with Crippen LogP contribution in [0.15, 0.2) is 4.34 Å². The quantitative estimate of drug-likeness (QED) is 0.705. The molecule has 1 aromatic heterocycles. The number of hydrogen-bond acceptors (Lipinski definition) is 6. The molecule has 0 saturated heterocycles. The third-order valence-corrected chi connectivity index (χ3v) is 3.11. The Labute approximate surface area is 84.1 Å². The van der Waals surface area contributed by atoms with Gasteiger partial charge in [0.25, 0.3) is 0 Å². The summed E-state index contributed by atoms with van der Waals surface area (Å²) >= 11 is 2.73. The van der Waals surface area contributed by atoms with E-state index in [1.807, 2.05) is 6.92 Å². The van der Waals surface area contributed by atoms with Crippen molar-refractivity contribution < 1.29 is 4.79 Å². The Morgan fingerprint density at radius 1 is 1.69 bits per heavy atom. The van der Waals surface area contributed by atoms with E-state index in [9.17, 15) is 4.79 Å². The predicted octanol–water partition coefficient (Wildman–Crippen LogP) is 0.547. The van der Waals surface area contributed by atoms with Gasteiger partial charge in [0.2, 0.25) is 11.0 Å². The van der Waals surface area contributed by atoms with E-state index < -0.39 is 0 Å². The number of anilines is 1. The lowest BCUT2D eigenvalue weighted by molar-refractivity contribution is -0.115. The number of carbonyl (C=O) groups is 1. The summed E-state index contributed by atoms with van der Waals surface area (Å²) in [6, 6.07) is 0. The Kier molecular flexibility index (Phi) is 3.97. The van der Waals surface area contributed by atoms with Crippen LogP contribution in [0.25, 0.3) is 0 Å². The topological polar surface area (TPSA) is 80.9 Å². The SMILES string of the molecule is CCNc1nnc(SCC(N)=O)s1. The van der Waals surface area contributed by atoms with Crippen molar-refractivity contribution in [1.82, 2.24) is 10.2 Å². The van der Waals surface area contributed by atoms with E-state index in [0.29, 0.717) is 0 Å². The van der Waals surface area contributed by atoms with E-state index in [2.05, 4.69) is 15.5 Å². The molecule has 0 saturated carbocycles. The number of primary amides is 1. The van der Waals surface area contributed by atoms with Crippen LogP contribution in [0, 0.1) is 0 Å². The maximum Gasteiger partial charge on any atom is 0.227 e. The molecule has 0 fully saturated rings. The average molecular weight is 218 g/mol. The van der Waals surface area contributed by atoms with Gasteiger partial charge in [0.05, 0.1) is 5.75 Å². The van der Waals surface area contributed by atoms with Gasteiger partial charge in [-0.05, 0) is 6.92 Å². The van der Waals surface area contributed by atoms with Crippen LogP contribution in [0.1, 0.15) is 6.92 Å². The second-order valence-electron chi connectivity index (χ2n) is 2.16. The van der Waals surface area contributed by atoms with Gasteiger partial charge in [-0.1, -0.05) is 23.1 Å². The van der Waals surface area contributed by atoms with Crippen molar-refractivity contribution in [2.75, 3.05) is 17.6 Å². The van der Waals surface area contributed by atoms with E-state index in [1.54, 1.807) is 0 Å². The molecular weight excluding hydrogens is 208 g/mol. The molecular formula is C6H10N4OS2. The molecule has 0 unspecified atom stereocenters. The van der Waals surface area contributed by atoms with Gasteiger partial charge in [0.1, 0.15) is 0 Å². The van der Waals surface area contributed by atoms with Crippen molar-refractivity contribution in [1.29, 1.82) is 0 Å². The first-order valence-electron chi connectivity index (χ1n) is 3.71. The van der Waals surface area contributed by atoms with Crippen LogP contribution in [0.3, 0.4) is 0 Å². The second kappa shape index (κ2) is 5.03. The zero-order chi connectivity index (χ0) is 9.68. The molecule has 0 aromatic carbocycles. The first-order valence-corrected chi connectivity index (χ1v) is 5.51. The molecule has 1 heterocycles. The second-order valence-corrected chi connectivity index (χ2v) is 4.36. The summed E-state index contributed by atoms with van der Waals surface area (Å²) in [4.78, 5) is 10.4. The molecule has 7 heteroatoms. The number of rotatable bonds is 5. The van der Waals surface area contributed by atoms with Crippen LogP contribution < -0.4 is 11.1 Å². The molecule has 0 bridgehead atoms. The lowest BCUT2D eigenvalue weighted by atomic mass is 10.8. The summed E-state index contributed by atoms with van der Waals surface area (Å²) in [5.74, 6) is -0.0917. The van der Waals surface area contributed by atoms with Gasteiger partial charge in [0.15, 0.2) is 4.34 Å². The minimum absolute atomic E-state index is 0.251. The van der Waals surface area contributed by atoms with Crippen LogP contribution in [-0.4, -0.2) is 28.4 Å². The highest BCUT2D eigenvalue weighted by Crippen LogP contribution is 2.24. The van der Waals surface area contributed by atoms with E-state index >= 15 is 0 Å². The van der Waals surface area contributed by atoms with E-state index in [1.165, 1.54) is 23.1 Å². The van der Waals surface area contributed by atoms with Crippen LogP contribution in [0.5, 0.6) is 0 Å². The van der Waals surface area contributed by atoms with Gasteiger partial charge >= 0.3 is 0 Å². The van der Waals surface area contributed by atoms with Gasteiger partial charge in [-0.2, -0.15) is 0 Å². The molecule has 0 spiro atoms. The number of hydrogen-bond donors (Lipinski definition) is 2. The van der Waals surface area contributed by atoms with E-state index in [0.717, 1.165) is 16.0 Å². The highest BCUT2D eigenvalue weighted by molar-refractivity contribution is 8.01. The zero-order valence-corrected chi connectivity index (χ0v) is 8.74. The zero-order valence-electron chi connectivity index (χ0n) is 7.11. The monoisotopic (exact) mass is 218 g/mol. The molecule has 0 aliphatic carbocycles. The molecule has 1 rings (SSSR count). The van der Waals surface area contributed by atoms with Gasteiger partial charge in [-0.15, -0.1) is 10.2 Å². The van der Waals surface area contributed by atoms with Gasteiger partial charge < -0.3 is 11.1 Å². The predicted molar refractivity (Wildman–Crippen MR) is 54.0 cm³/mol. The number of carbonyl (C=O) groups excluding carboxylic acids is 1. The molecule has 13 heavy (non-hydrogen) atoms. The maximum atomic E-state index is 10.4. The Balaban J connectivity index is 2.44. The number of nitrogens with one attached hydrogen (secondary N) is 1. The maximum absolute atomic E-state index is 10.4. The number of nitrogens with zero attached hydrogens (tertiary/aromatic N) is 2. The van der Waals surface area contributed by atoms with Crippen molar-refractivity contribution in [3.8, 4) is 0 Å². The van der Waals surface area contributed by atoms with Crippen LogP contribution in [0.4, 0.5) is 5.13 Å². The Hall–Kier alpha value is -0.820. The molecule has 1 aromatic rings. The van der Waals surface area contributed by atoms with Crippen molar-refractivity contribution in [2.45, 2.75) is 11.3 Å². The summed E-state index contributed by atoms with van der Waals surface area (Å²) in [6.07, 6.45) is 0. The highest BCUT2D eigenvalue weighted by atomic mass is 32.2. The smallest absolute Gasteiger partial charge is 0.227 e. The van der Waals surface area contributed by atoms with Gasteiger partial charge in [-0.3, -0.25) is 4.79 Å². The van der Waals surface area contributed by atoms with Crippen LogP contribution in [0.2, 0.25) is 0 Å². The summed E-state index contributed by atoms with van der Waals surface area (Å²) in [7, 11) is 0. The van der Waals surface area contributed by atoms with Crippen molar-refractivity contribution in [3.63, 3.8) is 0 Å². The standard InChI is InChI=1S/C6H10N4OS2/c1-2-8-5-9-10-6(13-5)12-3-4(7)11/h2-3H2,1H3,(H2,7,11)(H,8,9). The molecule has 0 atom stereocenters. The minimum Gasteiger partial charge on any atom is -0.369 e. The first-order chi connectivity index (χ1) is 6.22. The molecule has 0 aliphatic rings. The fourth-order valence-corrected chi connectivity index (χ4v) is 2.18. The highest BCUT2D eigenvalue weighted by Gasteiger charge is 2.04. The van der Waals surface area contributed by atoms with E-state index in [-0.39, 0.29) is 11.7 Å². The van der Waals surface area contributed by atoms with Crippen molar-refractivity contribution in [3.05, 3.63) is 0 Å². The normalized spacial score (nSPS) is 9.92. The molecule has 5 nitrogen and oxygen atoms in total. The van der Waals surface area contributed by atoms with Crippen LogP contribution in [-0.2, 0) is 4.79 Å². The van der Waals surface area contributed by atoms with Crippen molar-refractivity contribution in [2.24, 2.45) is 5.73 Å². The van der Waals surface area contributed by atoms with Crippen LogP contribution >= 0.6 is 23.1 Å². The summed E-state index contributed by atoms with van der Waals surface area (Å²) < 4.78 is 0.759. The Morgan fingerprint density at radius 2 is 2.46 bits per heavy atom. The largest absolute Gasteiger partial charge is 0.369 e. The third kappa shape index (κ3) is 3.60. The lowest BCUT2D eigenvalue weighted by Gasteiger charge is -1.91.